The van der Waals surface area contributed by atoms with E-state index in [-0.39, 0.29) is 23.7 Å². The number of nitrogens with zero attached hydrogens (tertiary/aromatic N) is 1. The first-order valence-corrected chi connectivity index (χ1v) is 12.5. The van der Waals surface area contributed by atoms with Gasteiger partial charge < -0.3 is 10.1 Å². The van der Waals surface area contributed by atoms with Crippen LogP contribution in [0.4, 0.5) is 13.2 Å². The maximum absolute atomic E-state index is 14.3. The van der Waals surface area contributed by atoms with Gasteiger partial charge in [-0.3, -0.25) is 0 Å². The highest BCUT2D eigenvalue weighted by Crippen LogP contribution is 2.69. The second-order valence-electron chi connectivity index (χ2n) is 11.6. The largest absolute Gasteiger partial charge is 0.393 e. The van der Waals surface area contributed by atoms with E-state index in [1.807, 2.05) is 31.2 Å². The molecule has 4 aliphatic carbocycles. The summed E-state index contributed by atoms with van der Waals surface area (Å²) in [6.45, 7) is 4.24. The maximum Gasteiger partial charge on any atom is 0.392 e. The highest BCUT2D eigenvalue weighted by Gasteiger charge is 2.65. The number of imidazole rings is 1. The number of para-hydroxylation sites is 2. The Balaban J connectivity index is 1.34. The number of alkyl halides is 3. The molecular formula is C27H33F3N2O. The molecule has 33 heavy (non-hydrogen) atoms. The van der Waals surface area contributed by atoms with Crippen molar-refractivity contribution in [3.05, 3.63) is 36.2 Å². The molecule has 0 spiro atoms. The third-order valence-electron chi connectivity index (χ3n) is 10.4. The van der Waals surface area contributed by atoms with E-state index in [4.69, 9.17) is 4.98 Å². The van der Waals surface area contributed by atoms with Crippen molar-refractivity contribution in [2.75, 3.05) is 0 Å². The lowest BCUT2D eigenvalue weighted by molar-refractivity contribution is -0.265. The number of rotatable bonds is 1. The van der Waals surface area contributed by atoms with Gasteiger partial charge in [-0.05, 0) is 97.2 Å². The molecule has 3 fully saturated rings. The average molecular weight is 459 g/mol. The average Bonchev–Trinajstić information content (AvgIpc) is 3.33. The highest BCUT2D eigenvalue weighted by atomic mass is 19.4. The van der Waals surface area contributed by atoms with Crippen LogP contribution in [0.1, 0.15) is 64.6 Å². The number of aromatic amines is 1. The van der Waals surface area contributed by atoms with E-state index in [2.05, 4.69) is 18.0 Å². The number of hydrogen-bond donors (Lipinski definition) is 2. The van der Waals surface area contributed by atoms with Gasteiger partial charge in [-0.2, -0.15) is 13.2 Å². The zero-order chi connectivity index (χ0) is 23.2. The fourth-order valence-corrected chi connectivity index (χ4v) is 8.84. The minimum atomic E-state index is -4.26. The summed E-state index contributed by atoms with van der Waals surface area (Å²) in [5, 5.41) is 10.3. The van der Waals surface area contributed by atoms with Gasteiger partial charge in [-0.25, -0.2) is 4.98 Å². The van der Waals surface area contributed by atoms with E-state index in [0.717, 1.165) is 49.0 Å². The summed E-state index contributed by atoms with van der Waals surface area (Å²) >= 11 is 0. The molecule has 3 nitrogen and oxygen atoms in total. The van der Waals surface area contributed by atoms with Gasteiger partial charge in [-0.15, -0.1) is 0 Å². The summed E-state index contributed by atoms with van der Waals surface area (Å²) in [6.07, 6.45) is 2.04. The number of benzene rings is 1. The van der Waals surface area contributed by atoms with E-state index in [1.54, 1.807) is 0 Å². The van der Waals surface area contributed by atoms with E-state index < -0.39 is 23.6 Å². The molecule has 6 rings (SSSR count). The number of aromatic nitrogens is 2. The van der Waals surface area contributed by atoms with Crippen LogP contribution in [0.2, 0.25) is 0 Å². The van der Waals surface area contributed by atoms with Gasteiger partial charge in [0.2, 0.25) is 0 Å². The number of hydrogen-bond acceptors (Lipinski definition) is 2. The molecule has 4 aliphatic rings. The Bertz CT molecular complexity index is 1070. The fraction of sp³-hybridized carbons (Fsp3) is 0.667. The molecule has 3 saturated carbocycles. The van der Waals surface area contributed by atoms with Crippen LogP contribution in [0.5, 0.6) is 0 Å². The summed E-state index contributed by atoms with van der Waals surface area (Å²) in [5.74, 6) is 0.203. The van der Waals surface area contributed by atoms with Crippen molar-refractivity contribution in [2.45, 2.75) is 71.1 Å². The lowest BCUT2D eigenvalue weighted by Gasteiger charge is -2.63. The van der Waals surface area contributed by atoms with Crippen molar-refractivity contribution in [1.82, 2.24) is 9.97 Å². The summed E-state index contributed by atoms with van der Waals surface area (Å²) in [4.78, 5) is 8.36. The third kappa shape index (κ3) is 3.01. The van der Waals surface area contributed by atoms with Crippen LogP contribution in [0.25, 0.3) is 16.6 Å². The number of H-pyrrole nitrogens is 1. The molecule has 1 aromatic carbocycles. The topological polar surface area (TPSA) is 48.9 Å². The molecule has 2 aromatic rings. The zero-order valence-corrected chi connectivity index (χ0v) is 19.3. The smallest absolute Gasteiger partial charge is 0.392 e. The Morgan fingerprint density at radius 2 is 1.85 bits per heavy atom. The Hall–Kier alpha value is -1.82. The van der Waals surface area contributed by atoms with Crippen LogP contribution in [-0.2, 0) is 0 Å². The molecule has 0 radical (unpaired) electrons. The summed E-state index contributed by atoms with van der Waals surface area (Å²) in [6, 6.07) is 8.04. The van der Waals surface area contributed by atoms with E-state index in [9.17, 15) is 18.3 Å². The van der Waals surface area contributed by atoms with Crippen molar-refractivity contribution < 1.29 is 18.3 Å². The van der Waals surface area contributed by atoms with Crippen LogP contribution in [0, 0.1) is 40.4 Å². The van der Waals surface area contributed by atoms with E-state index in [1.165, 1.54) is 5.57 Å². The van der Waals surface area contributed by atoms with Crippen LogP contribution in [-0.4, -0.2) is 27.4 Å². The second-order valence-corrected chi connectivity index (χ2v) is 11.6. The van der Waals surface area contributed by atoms with Crippen molar-refractivity contribution in [1.29, 1.82) is 0 Å². The quantitative estimate of drug-likeness (QED) is 0.497. The highest BCUT2D eigenvalue weighted by molar-refractivity contribution is 5.80. The Morgan fingerprint density at radius 1 is 1.06 bits per heavy atom. The van der Waals surface area contributed by atoms with Crippen molar-refractivity contribution in [2.24, 2.45) is 40.4 Å². The molecule has 2 N–H and O–H groups in total. The molecule has 0 aliphatic heterocycles. The van der Waals surface area contributed by atoms with Crippen LogP contribution < -0.4 is 0 Å². The van der Waals surface area contributed by atoms with Crippen LogP contribution >= 0.6 is 0 Å². The second kappa shape index (κ2) is 7.10. The first kappa shape index (κ1) is 21.7. The first-order chi connectivity index (χ1) is 15.6. The lowest BCUT2D eigenvalue weighted by atomic mass is 9.42. The van der Waals surface area contributed by atoms with Gasteiger partial charge in [0.15, 0.2) is 0 Å². The SMILES string of the molecule is C[C@]12C(CC[C@@H]3[C@@H]1CC[C@]1(C)C(c4nc5ccccc5[nH]4)=CC[C@@H]31)C[C@@H](O)CC2C(F)(F)F. The van der Waals surface area contributed by atoms with Crippen molar-refractivity contribution in [3.63, 3.8) is 0 Å². The molecule has 0 saturated heterocycles. The predicted octanol–water partition coefficient (Wildman–Crippen LogP) is 6.75. The Morgan fingerprint density at radius 3 is 2.61 bits per heavy atom. The first-order valence-electron chi connectivity index (χ1n) is 12.5. The molecule has 0 amide bonds. The standard InChI is InChI=1S/C27H33F3N2O/c1-25-12-11-19-17(8-7-15-13-16(33)14-23(26(15,19)2)27(28,29)30)18(25)9-10-20(25)24-31-21-5-3-4-6-22(21)32-24/h3-6,10,15-19,23,33H,7-9,11-14H2,1-2H3,(H,31,32)/t15?,16-,17+,18+,19+,23?,25+,26+/m1/s1. The van der Waals surface area contributed by atoms with Crippen LogP contribution in [0.3, 0.4) is 0 Å². The van der Waals surface area contributed by atoms with Gasteiger partial charge >= 0.3 is 6.18 Å². The minimum absolute atomic E-state index is 0.0392. The molecule has 1 aromatic heterocycles. The predicted molar refractivity (Wildman–Crippen MR) is 122 cm³/mol. The third-order valence-corrected chi connectivity index (χ3v) is 10.4. The zero-order valence-electron chi connectivity index (χ0n) is 19.3. The number of aliphatic hydroxyl groups is 1. The summed E-state index contributed by atoms with van der Waals surface area (Å²) < 4.78 is 42.9. The fourth-order valence-electron chi connectivity index (χ4n) is 8.84. The normalized spacial score (nSPS) is 43.0. The van der Waals surface area contributed by atoms with Crippen molar-refractivity contribution in [3.8, 4) is 0 Å². The number of fused-ring (bicyclic) bond motifs is 6. The number of nitrogens with one attached hydrogen (secondary N) is 1. The number of aliphatic hydroxyl groups excluding tert-OH is 1. The number of halogens is 3. The Kier molecular flexibility index (Phi) is 4.66. The molecule has 0 bridgehead atoms. The molecule has 178 valence electrons. The van der Waals surface area contributed by atoms with Gasteiger partial charge in [0, 0.05) is 0 Å². The summed E-state index contributed by atoms with van der Waals surface area (Å²) in [5.41, 5.74) is 2.40. The van der Waals surface area contributed by atoms with Gasteiger partial charge in [0.05, 0.1) is 23.1 Å². The van der Waals surface area contributed by atoms with Gasteiger partial charge in [0.1, 0.15) is 5.82 Å². The van der Waals surface area contributed by atoms with Gasteiger partial charge in [-0.1, -0.05) is 32.1 Å². The maximum atomic E-state index is 14.3. The van der Waals surface area contributed by atoms with E-state index >= 15 is 0 Å². The van der Waals surface area contributed by atoms with E-state index in [0.29, 0.717) is 18.3 Å². The molecule has 1 heterocycles. The monoisotopic (exact) mass is 458 g/mol. The van der Waals surface area contributed by atoms with Gasteiger partial charge in [0.25, 0.3) is 0 Å². The summed E-state index contributed by atoms with van der Waals surface area (Å²) in [7, 11) is 0. The van der Waals surface area contributed by atoms with Crippen molar-refractivity contribution >= 4 is 16.6 Å². The molecule has 8 atom stereocenters. The Labute approximate surface area is 192 Å². The molecule has 2 unspecified atom stereocenters. The lowest BCUT2D eigenvalue weighted by Crippen LogP contribution is -2.59. The molecular weight excluding hydrogens is 425 g/mol. The number of allylic oxidation sites excluding steroid dienone is 2. The van der Waals surface area contributed by atoms with Crippen LogP contribution in [0.15, 0.2) is 30.3 Å². The minimum Gasteiger partial charge on any atom is -0.393 e. The molecule has 6 heteroatoms.